The average molecular weight is 394 g/mol. The summed E-state index contributed by atoms with van der Waals surface area (Å²) in [5.74, 6) is -0.187. The second kappa shape index (κ2) is 8.77. The summed E-state index contributed by atoms with van der Waals surface area (Å²) in [6.45, 7) is 1.93. The molecule has 8 heteroatoms. The van der Waals surface area contributed by atoms with E-state index in [1.165, 1.54) is 12.1 Å². The zero-order chi connectivity index (χ0) is 18.4. The Morgan fingerprint density at radius 1 is 1.23 bits per heavy atom. The normalized spacial score (nSPS) is 17.3. The molecule has 1 aromatic heterocycles. The average Bonchev–Trinajstić information content (AvgIpc) is 3.33. The summed E-state index contributed by atoms with van der Waals surface area (Å²) in [5.41, 5.74) is 0.459. The Hall–Kier alpha value is -1.74. The van der Waals surface area contributed by atoms with E-state index in [1.807, 2.05) is 17.5 Å². The third kappa shape index (κ3) is 5.14. The second-order valence-corrected chi connectivity index (χ2v) is 9.05. The SMILES string of the molecule is O=C(NCC1CCCN1)c1ccc(S(=O)(=O)NCCc2cccs2)cc1. The fraction of sp³-hybridized carbons (Fsp3) is 0.389. The Morgan fingerprint density at radius 2 is 2.04 bits per heavy atom. The fourth-order valence-corrected chi connectivity index (χ4v) is 4.62. The van der Waals surface area contributed by atoms with Gasteiger partial charge in [-0.1, -0.05) is 6.07 Å². The van der Waals surface area contributed by atoms with E-state index >= 15 is 0 Å². The number of nitrogens with one attached hydrogen (secondary N) is 3. The van der Waals surface area contributed by atoms with Gasteiger partial charge in [0.2, 0.25) is 10.0 Å². The lowest BCUT2D eigenvalue weighted by Gasteiger charge is -2.12. The van der Waals surface area contributed by atoms with Crippen molar-refractivity contribution in [3.63, 3.8) is 0 Å². The largest absolute Gasteiger partial charge is 0.350 e. The van der Waals surface area contributed by atoms with Gasteiger partial charge < -0.3 is 10.6 Å². The lowest BCUT2D eigenvalue weighted by molar-refractivity contribution is 0.0950. The van der Waals surface area contributed by atoms with E-state index in [9.17, 15) is 13.2 Å². The molecular weight excluding hydrogens is 370 g/mol. The molecule has 0 aliphatic carbocycles. The Morgan fingerprint density at radius 3 is 2.69 bits per heavy atom. The van der Waals surface area contributed by atoms with Gasteiger partial charge in [-0.15, -0.1) is 11.3 Å². The molecule has 1 aromatic carbocycles. The van der Waals surface area contributed by atoms with Crippen LogP contribution < -0.4 is 15.4 Å². The van der Waals surface area contributed by atoms with Gasteiger partial charge in [0.15, 0.2) is 0 Å². The van der Waals surface area contributed by atoms with Crippen molar-refractivity contribution in [1.29, 1.82) is 0 Å². The summed E-state index contributed by atoms with van der Waals surface area (Å²) in [6, 6.07) is 10.3. The van der Waals surface area contributed by atoms with E-state index in [0.717, 1.165) is 24.3 Å². The fourth-order valence-electron chi connectivity index (χ4n) is 2.88. The predicted molar refractivity (Wildman–Crippen MR) is 103 cm³/mol. The molecule has 1 fully saturated rings. The van der Waals surface area contributed by atoms with Crippen LogP contribution in [0.1, 0.15) is 28.1 Å². The van der Waals surface area contributed by atoms with Gasteiger partial charge >= 0.3 is 0 Å². The minimum atomic E-state index is -3.57. The van der Waals surface area contributed by atoms with E-state index in [0.29, 0.717) is 31.1 Å². The predicted octanol–water partition coefficient (Wildman–Crippen LogP) is 1.75. The van der Waals surface area contributed by atoms with Crippen molar-refractivity contribution in [3.8, 4) is 0 Å². The summed E-state index contributed by atoms with van der Waals surface area (Å²) in [5, 5.41) is 8.17. The number of sulfonamides is 1. The summed E-state index contributed by atoms with van der Waals surface area (Å²) < 4.78 is 27.2. The Bertz CT molecular complexity index is 812. The van der Waals surface area contributed by atoms with Crippen molar-refractivity contribution in [2.24, 2.45) is 0 Å². The van der Waals surface area contributed by atoms with E-state index in [1.54, 1.807) is 23.5 Å². The lowest BCUT2D eigenvalue weighted by Crippen LogP contribution is -2.37. The first-order chi connectivity index (χ1) is 12.5. The molecule has 1 aliphatic rings. The number of rotatable bonds is 8. The number of hydrogen-bond acceptors (Lipinski definition) is 5. The molecule has 140 valence electrons. The minimum absolute atomic E-state index is 0.165. The van der Waals surface area contributed by atoms with E-state index in [2.05, 4.69) is 15.4 Å². The van der Waals surface area contributed by atoms with Gasteiger partial charge in [-0.3, -0.25) is 4.79 Å². The molecule has 0 radical (unpaired) electrons. The molecule has 2 heterocycles. The van der Waals surface area contributed by atoms with Crippen LogP contribution in [-0.4, -0.2) is 40.0 Å². The molecule has 0 saturated carbocycles. The summed E-state index contributed by atoms with van der Waals surface area (Å²) in [6.07, 6.45) is 2.85. The summed E-state index contributed by atoms with van der Waals surface area (Å²) in [4.78, 5) is 13.5. The molecule has 2 aromatic rings. The molecule has 1 saturated heterocycles. The van der Waals surface area contributed by atoms with Crippen LogP contribution in [0.3, 0.4) is 0 Å². The van der Waals surface area contributed by atoms with E-state index in [-0.39, 0.29) is 10.8 Å². The van der Waals surface area contributed by atoms with E-state index in [4.69, 9.17) is 0 Å². The molecule has 1 aliphatic heterocycles. The van der Waals surface area contributed by atoms with Crippen molar-refractivity contribution < 1.29 is 13.2 Å². The van der Waals surface area contributed by atoms with Crippen molar-refractivity contribution in [2.75, 3.05) is 19.6 Å². The highest BCUT2D eigenvalue weighted by molar-refractivity contribution is 7.89. The molecule has 6 nitrogen and oxygen atoms in total. The van der Waals surface area contributed by atoms with Crippen LogP contribution in [0.25, 0.3) is 0 Å². The van der Waals surface area contributed by atoms with Gasteiger partial charge in [0.25, 0.3) is 5.91 Å². The molecule has 3 rings (SSSR count). The molecule has 1 unspecified atom stereocenters. The Balaban J connectivity index is 1.52. The van der Waals surface area contributed by atoms with Crippen LogP contribution in [0, 0.1) is 0 Å². The smallest absolute Gasteiger partial charge is 0.251 e. The second-order valence-electron chi connectivity index (χ2n) is 6.25. The maximum atomic E-state index is 12.3. The first kappa shape index (κ1) is 19.0. The van der Waals surface area contributed by atoms with Crippen molar-refractivity contribution in [1.82, 2.24) is 15.4 Å². The number of hydrogen-bond donors (Lipinski definition) is 3. The summed E-state index contributed by atoms with van der Waals surface area (Å²) >= 11 is 1.60. The molecule has 1 amide bonds. The molecule has 0 spiro atoms. The van der Waals surface area contributed by atoms with Crippen LogP contribution in [-0.2, 0) is 16.4 Å². The van der Waals surface area contributed by atoms with Crippen LogP contribution in [0.15, 0.2) is 46.7 Å². The third-order valence-electron chi connectivity index (χ3n) is 4.34. The van der Waals surface area contributed by atoms with Gasteiger partial charge in [-0.2, -0.15) is 0 Å². The Kier molecular flexibility index (Phi) is 6.42. The van der Waals surface area contributed by atoms with Gasteiger partial charge in [0.1, 0.15) is 0 Å². The number of carbonyl (C=O) groups excluding carboxylic acids is 1. The van der Waals surface area contributed by atoms with Gasteiger partial charge in [-0.25, -0.2) is 13.1 Å². The number of benzene rings is 1. The molecular formula is C18H23N3O3S2. The van der Waals surface area contributed by atoms with Crippen molar-refractivity contribution in [3.05, 3.63) is 52.2 Å². The van der Waals surface area contributed by atoms with Crippen LogP contribution in [0.2, 0.25) is 0 Å². The zero-order valence-electron chi connectivity index (χ0n) is 14.4. The van der Waals surface area contributed by atoms with Gasteiger partial charge in [0, 0.05) is 29.6 Å². The third-order valence-corrected chi connectivity index (χ3v) is 6.75. The standard InChI is InChI=1S/C18H23N3O3S2/c22-18(20-13-15-3-1-10-19-15)14-5-7-17(8-6-14)26(23,24)21-11-9-16-4-2-12-25-16/h2,4-8,12,15,19,21H,1,3,9-11,13H2,(H,20,22). The number of thiophene rings is 1. The summed E-state index contributed by atoms with van der Waals surface area (Å²) in [7, 11) is -3.57. The topological polar surface area (TPSA) is 87.3 Å². The highest BCUT2D eigenvalue weighted by Crippen LogP contribution is 2.12. The van der Waals surface area contributed by atoms with Gasteiger partial charge in [-0.05, 0) is 61.5 Å². The van der Waals surface area contributed by atoms with Crippen LogP contribution >= 0.6 is 11.3 Å². The molecule has 1 atom stereocenters. The maximum absolute atomic E-state index is 12.3. The minimum Gasteiger partial charge on any atom is -0.350 e. The highest BCUT2D eigenvalue weighted by Gasteiger charge is 2.17. The molecule has 26 heavy (non-hydrogen) atoms. The maximum Gasteiger partial charge on any atom is 0.251 e. The number of carbonyl (C=O) groups is 1. The quantitative estimate of drug-likeness (QED) is 0.638. The van der Waals surface area contributed by atoms with Gasteiger partial charge in [0.05, 0.1) is 4.90 Å². The first-order valence-electron chi connectivity index (χ1n) is 8.68. The molecule has 3 N–H and O–H groups in total. The van der Waals surface area contributed by atoms with Crippen LogP contribution in [0.5, 0.6) is 0 Å². The van der Waals surface area contributed by atoms with E-state index < -0.39 is 10.0 Å². The zero-order valence-corrected chi connectivity index (χ0v) is 16.0. The highest BCUT2D eigenvalue weighted by atomic mass is 32.2. The first-order valence-corrected chi connectivity index (χ1v) is 11.0. The van der Waals surface area contributed by atoms with Crippen LogP contribution in [0.4, 0.5) is 0 Å². The monoisotopic (exact) mass is 393 g/mol. The van der Waals surface area contributed by atoms with Crippen molar-refractivity contribution in [2.45, 2.75) is 30.2 Å². The Labute approximate surface area is 158 Å². The lowest BCUT2D eigenvalue weighted by atomic mass is 10.2. The molecule has 0 bridgehead atoms. The number of amides is 1. The van der Waals surface area contributed by atoms with Crippen molar-refractivity contribution >= 4 is 27.3 Å².